The van der Waals surface area contributed by atoms with Crippen LogP contribution in [0.3, 0.4) is 0 Å². The first-order valence-corrected chi connectivity index (χ1v) is 9.68. The molecule has 0 spiro atoms. The SMILES string of the molecule is Cc1ccc(-c2noc(CN3CCN(c4ccc([N+](=O)[O-])cc4Cl)CC3)n2)cc1. The fourth-order valence-corrected chi connectivity index (χ4v) is 3.64. The number of nitro groups is 1. The summed E-state index contributed by atoms with van der Waals surface area (Å²) in [7, 11) is 0. The summed E-state index contributed by atoms with van der Waals surface area (Å²) in [6.45, 7) is 5.74. The van der Waals surface area contributed by atoms with Crippen molar-refractivity contribution in [2.75, 3.05) is 31.1 Å². The molecule has 0 saturated carbocycles. The molecule has 1 saturated heterocycles. The highest BCUT2D eigenvalue weighted by Crippen LogP contribution is 2.30. The summed E-state index contributed by atoms with van der Waals surface area (Å²) in [5.41, 5.74) is 2.93. The van der Waals surface area contributed by atoms with Gasteiger partial charge in [0.1, 0.15) is 0 Å². The van der Waals surface area contributed by atoms with E-state index in [9.17, 15) is 10.1 Å². The van der Waals surface area contributed by atoms with E-state index in [1.54, 1.807) is 6.07 Å². The van der Waals surface area contributed by atoms with Crippen molar-refractivity contribution in [3.8, 4) is 11.4 Å². The molecule has 8 nitrogen and oxygen atoms in total. The monoisotopic (exact) mass is 413 g/mol. The molecule has 1 aromatic heterocycles. The van der Waals surface area contributed by atoms with Gasteiger partial charge >= 0.3 is 0 Å². The van der Waals surface area contributed by atoms with Crippen LogP contribution in [0.5, 0.6) is 0 Å². The average Bonchev–Trinajstić information content (AvgIpc) is 3.17. The second-order valence-electron chi connectivity index (χ2n) is 7.03. The lowest BCUT2D eigenvalue weighted by atomic mass is 10.1. The van der Waals surface area contributed by atoms with Gasteiger partial charge in [-0.05, 0) is 13.0 Å². The third-order valence-electron chi connectivity index (χ3n) is 4.99. The predicted octanol–water partition coefficient (Wildman–Crippen LogP) is 3.93. The molecule has 2 aromatic carbocycles. The van der Waals surface area contributed by atoms with Crippen molar-refractivity contribution in [2.24, 2.45) is 0 Å². The zero-order valence-corrected chi connectivity index (χ0v) is 16.7. The third-order valence-corrected chi connectivity index (χ3v) is 5.29. The van der Waals surface area contributed by atoms with Crippen molar-refractivity contribution in [1.82, 2.24) is 15.0 Å². The van der Waals surface area contributed by atoms with E-state index < -0.39 is 4.92 Å². The van der Waals surface area contributed by atoms with Crippen molar-refractivity contribution < 1.29 is 9.45 Å². The van der Waals surface area contributed by atoms with Gasteiger partial charge in [0, 0.05) is 43.9 Å². The maximum atomic E-state index is 10.9. The van der Waals surface area contributed by atoms with Crippen molar-refractivity contribution in [1.29, 1.82) is 0 Å². The van der Waals surface area contributed by atoms with E-state index in [0.29, 0.717) is 23.3 Å². The Morgan fingerprint density at radius 1 is 1.14 bits per heavy atom. The molecule has 9 heteroatoms. The molecular weight excluding hydrogens is 394 g/mol. The number of anilines is 1. The predicted molar refractivity (Wildman–Crippen MR) is 110 cm³/mol. The largest absolute Gasteiger partial charge is 0.368 e. The fourth-order valence-electron chi connectivity index (χ4n) is 3.34. The first kappa shape index (κ1) is 19.4. The van der Waals surface area contributed by atoms with Crippen LogP contribution in [0.15, 0.2) is 47.0 Å². The lowest BCUT2D eigenvalue weighted by Gasteiger charge is -2.35. The number of aromatic nitrogens is 2. The molecule has 0 bridgehead atoms. The number of nitrogens with zero attached hydrogens (tertiary/aromatic N) is 5. The maximum absolute atomic E-state index is 10.9. The van der Waals surface area contributed by atoms with E-state index in [1.807, 2.05) is 31.2 Å². The number of benzene rings is 2. The van der Waals surface area contributed by atoms with Gasteiger partial charge in [-0.3, -0.25) is 15.0 Å². The quantitative estimate of drug-likeness (QED) is 0.462. The van der Waals surface area contributed by atoms with E-state index in [2.05, 4.69) is 19.9 Å². The topological polar surface area (TPSA) is 88.5 Å². The Labute approximate surface area is 172 Å². The van der Waals surface area contributed by atoms with Gasteiger partial charge in [-0.15, -0.1) is 0 Å². The van der Waals surface area contributed by atoms with Crippen LogP contribution in [0, 0.1) is 17.0 Å². The second-order valence-corrected chi connectivity index (χ2v) is 7.44. The van der Waals surface area contributed by atoms with Gasteiger partial charge in [0.25, 0.3) is 5.69 Å². The van der Waals surface area contributed by atoms with E-state index in [0.717, 1.165) is 37.4 Å². The second kappa shape index (κ2) is 8.18. The molecule has 29 heavy (non-hydrogen) atoms. The molecule has 0 N–H and O–H groups in total. The lowest BCUT2D eigenvalue weighted by Crippen LogP contribution is -2.46. The van der Waals surface area contributed by atoms with Crippen LogP contribution >= 0.6 is 11.6 Å². The van der Waals surface area contributed by atoms with E-state index in [1.165, 1.54) is 17.7 Å². The number of hydrogen-bond donors (Lipinski definition) is 0. The number of halogens is 1. The summed E-state index contributed by atoms with van der Waals surface area (Å²) < 4.78 is 5.42. The van der Waals surface area contributed by atoms with Crippen LogP contribution in [0.2, 0.25) is 5.02 Å². The van der Waals surface area contributed by atoms with Crippen molar-refractivity contribution in [3.63, 3.8) is 0 Å². The van der Waals surface area contributed by atoms with Gasteiger partial charge in [0.05, 0.1) is 22.2 Å². The zero-order valence-electron chi connectivity index (χ0n) is 15.9. The highest BCUT2D eigenvalue weighted by atomic mass is 35.5. The fraction of sp³-hybridized carbons (Fsp3) is 0.300. The Kier molecular flexibility index (Phi) is 5.46. The van der Waals surface area contributed by atoms with Crippen molar-refractivity contribution in [3.05, 3.63) is 69.1 Å². The number of aryl methyl sites for hydroxylation is 1. The Bertz CT molecular complexity index is 1010. The number of hydrogen-bond acceptors (Lipinski definition) is 7. The van der Waals surface area contributed by atoms with Crippen LogP contribution in [0.1, 0.15) is 11.5 Å². The minimum absolute atomic E-state index is 0.00170. The summed E-state index contributed by atoms with van der Waals surface area (Å²) in [6.07, 6.45) is 0. The summed E-state index contributed by atoms with van der Waals surface area (Å²) in [5, 5.41) is 15.3. The normalized spacial score (nSPS) is 14.9. The molecule has 0 radical (unpaired) electrons. The minimum atomic E-state index is -0.442. The minimum Gasteiger partial charge on any atom is -0.368 e. The summed E-state index contributed by atoms with van der Waals surface area (Å²) >= 11 is 6.25. The highest BCUT2D eigenvalue weighted by molar-refractivity contribution is 6.33. The third kappa shape index (κ3) is 4.38. The number of piperazine rings is 1. The Balaban J connectivity index is 1.36. The molecule has 0 aliphatic carbocycles. The van der Waals surface area contributed by atoms with Gasteiger partial charge in [-0.1, -0.05) is 46.6 Å². The number of nitro benzene ring substituents is 1. The average molecular weight is 414 g/mol. The molecule has 150 valence electrons. The molecule has 0 atom stereocenters. The highest BCUT2D eigenvalue weighted by Gasteiger charge is 2.22. The Morgan fingerprint density at radius 3 is 2.52 bits per heavy atom. The molecule has 1 aliphatic rings. The summed E-state index contributed by atoms with van der Waals surface area (Å²) in [4.78, 5) is 19.3. The van der Waals surface area contributed by atoms with Gasteiger partial charge in [-0.25, -0.2) is 0 Å². The molecular formula is C20H20ClN5O3. The lowest BCUT2D eigenvalue weighted by molar-refractivity contribution is -0.384. The number of non-ortho nitro benzene ring substituents is 1. The maximum Gasteiger partial charge on any atom is 0.271 e. The number of rotatable bonds is 5. The van der Waals surface area contributed by atoms with E-state index >= 15 is 0 Å². The van der Waals surface area contributed by atoms with Gasteiger partial charge in [-0.2, -0.15) is 4.98 Å². The summed E-state index contributed by atoms with van der Waals surface area (Å²) in [6, 6.07) is 12.6. The van der Waals surface area contributed by atoms with Crippen LogP contribution in [-0.4, -0.2) is 46.1 Å². The zero-order chi connectivity index (χ0) is 20.4. The molecule has 1 aliphatic heterocycles. The van der Waals surface area contributed by atoms with Gasteiger partial charge < -0.3 is 9.42 Å². The van der Waals surface area contributed by atoms with Gasteiger partial charge in [0.2, 0.25) is 11.7 Å². The molecule has 1 fully saturated rings. The molecule has 3 aromatic rings. The van der Waals surface area contributed by atoms with Gasteiger partial charge in [0.15, 0.2) is 0 Å². The van der Waals surface area contributed by atoms with E-state index in [-0.39, 0.29) is 5.69 Å². The standard InChI is InChI=1S/C20H20ClN5O3/c1-14-2-4-15(5-3-14)20-22-19(29-23-20)13-24-8-10-25(11-9-24)18-7-6-16(26(27)28)12-17(18)21/h2-7,12H,8-11,13H2,1H3. The molecule has 0 amide bonds. The Hall–Kier alpha value is -2.97. The molecule has 2 heterocycles. The molecule has 0 unspecified atom stereocenters. The van der Waals surface area contributed by atoms with Crippen LogP contribution < -0.4 is 4.90 Å². The Morgan fingerprint density at radius 2 is 1.86 bits per heavy atom. The smallest absolute Gasteiger partial charge is 0.271 e. The van der Waals surface area contributed by atoms with Crippen LogP contribution in [0.4, 0.5) is 11.4 Å². The summed E-state index contributed by atoms with van der Waals surface area (Å²) in [5.74, 6) is 1.18. The van der Waals surface area contributed by atoms with Crippen molar-refractivity contribution in [2.45, 2.75) is 13.5 Å². The first-order valence-electron chi connectivity index (χ1n) is 9.30. The van der Waals surface area contributed by atoms with Crippen molar-refractivity contribution >= 4 is 23.0 Å². The van der Waals surface area contributed by atoms with Crippen LogP contribution in [0.25, 0.3) is 11.4 Å². The van der Waals surface area contributed by atoms with E-state index in [4.69, 9.17) is 16.1 Å². The molecule has 4 rings (SSSR count). The van der Waals surface area contributed by atoms with Crippen LogP contribution in [-0.2, 0) is 6.54 Å². The first-order chi connectivity index (χ1) is 14.0.